The number of rotatable bonds is 9. The van der Waals surface area contributed by atoms with Crippen molar-refractivity contribution in [2.75, 3.05) is 49.5 Å². The van der Waals surface area contributed by atoms with Gasteiger partial charge < -0.3 is 20.3 Å². The fourth-order valence-corrected chi connectivity index (χ4v) is 4.93. The molecule has 3 aromatic rings. The zero-order valence-electron chi connectivity index (χ0n) is 24.5. The molecule has 1 fully saturated rings. The first-order chi connectivity index (χ1) is 21.1. The molecule has 5 rings (SSSR count). The van der Waals surface area contributed by atoms with E-state index >= 15 is 0 Å². The van der Waals surface area contributed by atoms with Crippen molar-refractivity contribution in [1.29, 1.82) is 0 Å². The quantitative estimate of drug-likeness (QED) is 0.336. The summed E-state index contributed by atoms with van der Waals surface area (Å²) in [7, 11) is 5.03. The Morgan fingerprint density at radius 1 is 1.05 bits per heavy atom. The van der Waals surface area contributed by atoms with Crippen LogP contribution >= 0.6 is 0 Å². The number of urea groups is 2. The number of aromatic nitrogens is 2. The van der Waals surface area contributed by atoms with Crippen LogP contribution in [-0.2, 0) is 11.3 Å². The van der Waals surface area contributed by atoms with Gasteiger partial charge in [0.15, 0.2) is 5.82 Å². The van der Waals surface area contributed by atoms with E-state index in [9.17, 15) is 23.2 Å². The molecule has 1 unspecified atom stereocenters. The van der Waals surface area contributed by atoms with Gasteiger partial charge in [0.2, 0.25) is 5.88 Å². The molecule has 1 aromatic heterocycles. The van der Waals surface area contributed by atoms with E-state index in [1.807, 2.05) is 19.0 Å². The van der Waals surface area contributed by atoms with Crippen LogP contribution in [0.4, 0.5) is 35.6 Å². The van der Waals surface area contributed by atoms with E-state index in [1.165, 1.54) is 30.2 Å². The summed E-state index contributed by atoms with van der Waals surface area (Å²) in [6, 6.07) is 11.9. The maximum atomic E-state index is 14.8. The Hall–Kier alpha value is -5.15. The van der Waals surface area contributed by atoms with E-state index in [0.29, 0.717) is 23.6 Å². The second-order valence-corrected chi connectivity index (χ2v) is 10.2. The van der Waals surface area contributed by atoms with Gasteiger partial charge in [-0.2, -0.15) is 0 Å². The number of anilines is 3. The average Bonchev–Trinajstić information content (AvgIpc) is 3.36. The number of fused-ring (bicyclic) bond motifs is 1. The van der Waals surface area contributed by atoms with Crippen LogP contribution in [0, 0.1) is 11.6 Å². The van der Waals surface area contributed by atoms with Crippen molar-refractivity contribution in [3.8, 4) is 5.88 Å². The monoisotopic (exact) mass is 607 g/mol. The van der Waals surface area contributed by atoms with Gasteiger partial charge in [0, 0.05) is 30.4 Å². The summed E-state index contributed by atoms with van der Waals surface area (Å²) < 4.78 is 34.7. The normalized spacial score (nSPS) is 16.5. The minimum atomic E-state index is -1.08. The number of halogens is 2. The Kier molecular flexibility index (Phi) is 8.69. The van der Waals surface area contributed by atoms with Gasteiger partial charge in [-0.1, -0.05) is 6.07 Å². The van der Waals surface area contributed by atoms with E-state index in [2.05, 4.69) is 26.3 Å². The second-order valence-electron chi connectivity index (χ2n) is 10.2. The molecular formula is C29H31F2N9O4. The van der Waals surface area contributed by atoms with Crippen LogP contribution in [0.2, 0.25) is 0 Å². The molecule has 0 spiro atoms. The standard InChI is InChI=1S/C29H31F2N9O4/c1-5-32-28(42)33-17-9-11-18(12-10-17)40-22(16-37(2)3)25-26(36-40)38(15-19-20(30)7-6-8-21(19)31)29(43)39(27(25)41)23-13-14-24(44-4)35-34-23/h6-14,26,36H,5,15-16H2,1-4H3,(H2,32,33,42). The van der Waals surface area contributed by atoms with Gasteiger partial charge >= 0.3 is 12.1 Å². The predicted molar refractivity (Wildman–Crippen MR) is 157 cm³/mol. The molecule has 5 amide bonds. The third-order valence-electron chi connectivity index (χ3n) is 6.93. The number of nitrogens with one attached hydrogen (secondary N) is 3. The van der Waals surface area contributed by atoms with E-state index in [4.69, 9.17) is 4.74 Å². The van der Waals surface area contributed by atoms with Crippen molar-refractivity contribution in [1.82, 2.24) is 30.7 Å². The number of carbonyl (C=O) groups is 3. The largest absolute Gasteiger partial charge is 0.480 e. The van der Waals surface area contributed by atoms with Crippen LogP contribution in [0.15, 0.2) is 65.9 Å². The predicted octanol–water partition coefficient (Wildman–Crippen LogP) is 3.04. The van der Waals surface area contributed by atoms with E-state index in [-0.39, 0.29) is 35.4 Å². The zero-order chi connectivity index (χ0) is 31.5. The van der Waals surface area contributed by atoms with Crippen molar-refractivity contribution in [2.45, 2.75) is 19.6 Å². The molecule has 230 valence electrons. The van der Waals surface area contributed by atoms with Crippen LogP contribution < -0.4 is 30.7 Å². The summed E-state index contributed by atoms with van der Waals surface area (Å²) in [5.74, 6) is -2.27. The summed E-state index contributed by atoms with van der Waals surface area (Å²) in [6.07, 6.45) is -1.08. The highest BCUT2D eigenvalue weighted by molar-refractivity contribution is 6.23. The first-order valence-corrected chi connectivity index (χ1v) is 13.7. The molecule has 3 N–H and O–H groups in total. The minimum absolute atomic E-state index is 0.0887. The molecule has 0 bridgehead atoms. The first kappa shape index (κ1) is 30.3. The molecule has 1 saturated heterocycles. The molecule has 2 aliphatic heterocycles. The number of hydrazine groups is 1. The van der Waals surface area contributed by atoms with Crippen LogP contribution in [0.1, 0.15) is 12.5 Å². The summed E-state index contributed by atoms with van der Waals surface area (Å²) in [5, 5.41) is 14.9. The number of benzene rings is 2. The van der Waals surface area contributed by atoms with Crippen LogP contribution in [-0.4, -0.2) is 78.4 Å². The molecule has 3 heterocycles. The topological polar surface area (TPSA) is 135 Å². The highest BCUT2D eigenvalue weighted by atomic mass is 19.1. The lowest BCUT2D eigenvalue weighted by molar-refractivity contribution is -0.116. The minimum Gasteiger partial charge on any atom is -0.480 e. The highest BCUT2D eigenvalue weighted by Crippen LogP contribution is 2.36. The maximum Gasteiger partial charge on any atom is 0.334 e. The maximum absolute atomic E-state index is 14.8. The lowest BCUT2D eigenvalue weighted by Crippen LogP contribution is -2.62. The number of likely N-dealkylation sites (N-methyl/N-ethyl adjacent to an activating group) is 1. The van der Waals surface area contributed by atoms with Crippen molar-refractivity contribution in [3.05, 3.63) is 83.1 Å². The van der Waals surface area contributed by atoms with Crippen molar-refractivity contribution >= 4 is 35.2 Å². The van der Waals surface area contributed by atoms with Crippen LogP contribution in [0.3, 0.4) is 0 Å². The molecule has 44 heavy (non-hydrogen) atoms. The number of nitrogens with zero attached hydrogens (tertiary/aromatic N) is 6. The SMILES string of the molecule is CCNC(=O)Nc1ccc(N2NC3C(=C2CN(C)C)C(=O)N(c2ccc(OC)nn2)C(=O)N3Cc2c(F)cccc2F)cc1. The Morgan fingerprint density at radius 3 is 2.34 bits per heavy atom. The highest BCUT2D eigenvalue weighted by Gasteiger charge is 2.50. The fraction of sp³-hybridized carbons (Fsp3) is 0.276. The van der Waals surface area contributed by atoms with Gasteiger partial charge in [-0.15, -0.1) is 10.2 Å². The summed E-state index contributed by atoms with van der Waals surface area (Å²) in [5.41, 5.74) is 4.64. The number of amides is 5. The summed E-state index contributed by atoms with van der Waals surface area (Å²) in [6.45, 7) is 2.02. The lowest BCUT2D eigenvalue weighted by atomic mass is 10.0. The van der Waals surface area contributed by atoms with E-state index < -0.39 is 36.3 Å². The molecule has 1 atom stereocenters. The van der Waals surface area contributed by atoms with E-state index in [0.717, 1.165) is 17.0 Å². The molecule has 13 nitrogen and oxygen atoms in total. The van der Waals surface area contributed by atoms with Gasteiger partial charge in [0.1, 0.15) is 17.8 Å². The van der Waals surface area contributed by atoms with Crippen molar-refractivity contribution in [3.63, 3.8) is 0 Å². The number of carbonyl (C=O) groups excluding carboxylic acids is 3. The zero-order valence-corrected chi connectivity index (χ0v) is 24.5. The Balaban J connectivity index is 1.60. The molecule has 2 aliphatic rings. The third kappa shape index (κ3) is 5.87. The third-order valence-corrected chi connectivity index (χ3v) is 6.93. The van der Waals surface area contributed by atoms with Crippen molar-refractivity contribution in [2.24, 2.45) is 0 Å². The molecule has 0 saturated carbocycles. The Bertz CT molecular complexity index is 1580. The molecule has 15 heteroatoms. The number of hydrogen-bond acceptors (Lipinski definition) is 9. The number of ether oxygens (including phenoxy) is 1. The van der Waals surface area contributed by atoms with Crippen LogP contribution in [0.5, 0.6) is 5.88 Å². The molecular weight excluding hydrogens is 576 g/mol. The second kappa shape index (κ2) is 12.6. The smallest absolute Gasteiger partial charge is 0.334 e. The van der Waals surface area contributed by atoms with Gasteiger partial charge in [0.05, 0.1) is 30.6 Å². The van der Waals surface area contributed by atoms with Gasteiger partial charge in [-0.25, -0.2) is 28.7 Å². The van der Waals surface area contributed by atoms with Gasteiger partial charge in [0.25, 0.3) is 5.91 Å². The van der Waals surface area contributed by atoms with Gasteiger partial charge in [-0.3, -0.25) is 14.7 Å². The van der Waals surface area contributed by atoms with Crippen molar-refractivity contribution < 1.29 is 27.9 Å². The number of hydrogen-bond donors (Lipinski definition) is 3. The summed E-state index contributed by atoms with van der Waals surface area (Å²) >= 11 is 0. The molecule has 2 aromatic carbocycles. The lowest BCUT2D eigenvalue weighted by Gasteiger charge is -2.39. The fourth-order valence-electron chi connectivity index (χ4n) is 4.93. The number of imide groups is 1. The van der Waals surface area contributed by atoms with E-state index in [1.54, 1.807) is 36.2 Å². The van der Waals surface area contributed by atoms with Gasteiger partial charge in [-0.05, 0) is 63.5 Å². The number of methoxy groups -OCH3 is 1. The molecule has 0 radical (unpaired) electrons. The Labute approximate surface area is 252 Å². The first-order valence-electron chi connectivity index (χ1n) is 13.7. The van der Waals surface area contributed by atoms with Crippen LogP contribution in [0.25, 0.3) is 0 Å². The molecule has 0 aliphatic carbocycles. The average molecular weight is 608 g/mol. The Morgan fingerprint density at radius 2 is 1.75 bits per heavy atom. The summed E-state index contributed by atoms with van der Waals surface area (Å²) in [4.78, 5) is 43.9.